The molecule has 0 saturated carbocycles. The molecule has 0 radical (unpaired) electrons. The van der Waals surface area contributed by atoms with Crippen molar-refractivity contribution in [3.8, 4) is 5.75 Å². The number of furan rings is 1. The molecule has 7 nitrogen and oxygen atoms in total. The molecule has 0 aliphatic carbocycles. The van der Waals surface area contributed by atoms with Gasteiger partial charge in [-0.1, -0.05) is 11.6 Å². The molecule has 3 aromatic rings. The molecule has 0 bridgehead atoms. The number of halogens is 1. The lowest BCUT2D eigenvalue weighted by atomic mass is 10.2. The summed E-state index contributed by atoms with van der Waals surface area (Å²) in [6.45, 7) is 3.46. The highest BCUT2D eigenvalue weighted by Gasteiger charge is 2.27. The van der Waals surface area contributed by atoms with E-state index in [1.165, 1.54) is 6.20 Å². The first-order chi connectivity index (χ1) is 13.5. The van der Waals surface area contributed by atoms with Crippen LogP contribution in [0, 0.1) is 6.92 Å². The number of carbonyl (C=O) groups excluding carboxylic acids is 2. The lowest BCUT2D eigenvalue weighted by Gasteiger charge is -2.33. The normalized spacial score (nSPS) is 14.4. The minimum absolute atomic E-state index is 0.203. The van der Waals surface area contributed by atoms with Crippen molar-refractivity contribution in [2.24, 2.45) is 0 Å². The number of amides is 2. The molecule has 8 heteroatoms. The fraction of sp³-hybridized carbons (Fsp3) is 0.250. The van der Waals surface area contributed by atoms with Crippen LogP contribution in [0.4, 0.5) is 4.79 Å². The highest BCUT2D eigenvalue weighted by Crippen LogP contribution is 2.27. The average Bonchev–Trinajstić information content (AvgIpc) is 3.11. The Balaban J connectivity index is 1.39. The lowest BCUT2D eigenvalue weighted by Crippen LogP contribution is -2.51. The molecule has 0 atom stereocenters. The second-order valence-corrected chi connectivity index (χ2v) is 6.99. The molecule has 0 N–H and O–H groups in total. The Labute approximate surface area is 166 Å². The van der Waals surface area contributed by atoms with Crippen molar-refractivity contribution >= 4 is 34.6 Å². The fourth-order valence-corrected chi connectivity index (χ4v) is 3.26. The summed E-state index contributed by atoms with van der Waals surface area (Å²) in [5.41, 5.74) is 1.52. The van der Waals surface area contributed by atoms with E-state index in [1.54, 1.807) is 40.3 Å². The molecule has 1 saturated heterocycles. The number of ether oxygens (including phenoxy) is 1. The Bertz CT molecular complexity index is 988. The van der Waals surface area contributed by atoms with E-state index >= 15 is 0 Å². The number of aryl methyl sites for hydroxylation is 1. The zero-order valence-corrected chi connectivity index (χ0v) is 16.0. The lowest BCUT2D eigenvalue weighted by molar-refractivity contribution is 0.0606. The summed E-state index contributed by atoms with van der Waals surface area (Å²) in [5, 5.41) is 1.42. The highest BCUT2D eigenvalue weighted by molar-refractivity contribution is 6.32. The Kier molecular flexibility index (Phi) is 4.92. The maximum atomic E-state index is 12.8. The van der Waals surface area contributed by atoms with E-state index in [0.717, 1.165) is 10.9 Å². The minimum Gasteiger partial charge on any atom is -0.451 e. The molecule has 2 aromatic heterocycles. The van der Waals surface area contributed by atoms with Gasteiger partial charge in [-0.15, -0.1) is 0 Å². The molecule has 3 heterocycles. The number of benzene rings is 1. The number of carbonyl (C=O) groups is 2. The molecule has 1 fully saturated rings. The number of nitrogens with zero attached hydrogens (tertiary/aromatic N) is 3. The summed E-state index contributed by atoms with van der Waals surface area (Å²) in [7, 11) is 0. The number of aromatic nitrogens is 1. The number of hydrogen-bond acceptors (Lipinski definition) is 5. The van der Waals surface area contributed by atoms with Crippen LogP contribution >= 0.6 is 11.6 Å². The monoisotopic (exact) mass is 399 g/mol. The van der Waals surface area contributed by atoms with Gasteiger partial charge in [-0.05, 0) is 42.8 Å². The van der Waals surface area contributed by atoms with Crippen LogP contribution in [0.15, 0.2) is 47.1 Å². The van der Waals surface area contributed by atoms with E-state index in [0.29, 0.717) is 42.5 Å². The first kappa shape index (κ1) is 18.3. The van der Waals surface area contributed by atoms with Gasteiger partial charge < -0.3 is 19.0 Å². The minimum atomic E-state index is -0.450. The summed E-state index contributed by atoms with van der Waals surface area (Å²) in [5.74, 6) is 0.454. The van der Waals surface area contributed by atoms with E-state index in [-0.39, 0.29) is 11.7 Å². The molecule has 4 rings (SSSR count). The smallest absolute Gasteiger partial charge is 0.415 e. The molecule has 1 aliphatic heterocycles. The van der Waals surface area contributed by atoms with Gasteiger partial charge in [0.15, 0.2) is 11.5 Å². The standard InChI is InChI=1S/C20H18ClN3O4/c1-13-9-17-14(10-16(13)21)11-18(28-17)19(25)23-5-7-24(8-6-23)20(26)27-15-3-2-4-22-12-15/h2-4,9-12H,5-8H2,1H3. The second kappa shape index (κ2) is 7.52. The fourth-order valence-electron chi connectivity index (χ4n) is 3.09. The van der Waals surface area contributed by atoms with Crippen LogP contribution in [0.3, 0.4) is 0 Å². The number of piperazine rings is 1. The van der Waals surface area contributed by atoms with Gasteiger partial charge in [0.1, 0.15) is 5.58 Å². The zero-order valence-electron chi connectivity index (χ0n) is 15.2. The second-order valence-electron chi connectivity index (χ2n) is 6.59. The van der Waals surface area contributed by atoms with E-state index in [1.807, 2.05) is 13.0 Å². The van der Waals surface area contributed by atoms with Gasteiger partial charge in [0, 0.05) is 42.8 Å². The Morgan fingerprint density at radius 1 is 1.14 bits per heavy atom. The third kappa shape index (κ3) is 3.66. The van der Waals surface area contributed by atoms with Crippen LogP contribution in [-0.4, -0.2) is 53.0 Å². The van der Waals surface area contributed by atoms with E-state index in [2.05, 4.69) is 4.98 Å². The first-order valence-electron chi connectivity index (χ1n) is 8.87. The van der Waals surface area contributed by atoms with Crippen LogP contribution in [0.2, 0.25) is 5.02 Å². The van der Waals surface area contributed by atoms with E-state index in [9.17, 15) is 9.59 Å². The zero-order chi connectivity index (χ0) is 19.7. The van der Waals surface area contributed by atoms with Crippen LogP contribution < -0.4 is 4.74 Å². The van der Waals surface area contributed by atoms with Crippen molar-refractivity contribution in [3.05, 3.63) is 59.1 Å². The van der Waals surface area contributed by atoms with Gasteiger partial charge in [0.25, 0.3) is 5.91 Å². The maximum absolute atomic E-state index is 12.8. The topological polar surface area (TPSA) is 75.9 Å². The molecule has 0 unspecified atom stereocenters. The number of hydrogen-bond donors (Lipinski definition) is 0. The van der Waals surface area contributed by atoms with E-state index in [4.69, 9.17) is 20.8 Å². The molecule has 144 valence electrons. The molecule has 0 spiro atoms. The molecular formula is C20H18ClN3O4. The Hall–Kier alpha value is -3.06. The molecule has 2 amide bonds. The quantitative estimate of drug-likeness (QED) is 0.656. The van der Waals surface area contributed by atoms with Crippen molar-refractivity contribution in [1.29, 1.82) is 0 Å². The van der Waals surface area contributed by atoms with Gasteiger partial charge in [0.05, 0.1) is 6.20 Å². The third-order valence-electron chi connectivity index (χ3n) is 4.67. The van der Waals surface area contributed by atoms with Crippen molar-refractivity contribution in [1.82, 2.24) is 14.8 Å². The van der Waals surface area contributed by atoms with E-state index < -0.39 is 6.09 Å². The Morgan fingerprint density at radius 3 is 2.61 bits per heavy atom. The largest absolute Gasteiger partial charge is 0.451 e. The van der Waals surface area contributed by atoms with Crippen molar-refractivity contribution < 1.29 is 18.7 Å². The SMILES string of the molecule is Cc1cc2oc(C(=O)N3CCN(C(=O)Oc4cccnc4)CC3)cc2cc1Cl. The summed E-state index contributed by atoms with van der Waals surface area (Å²) in [6.07, 6.45) is 2.64. The van der Waals surface area contributed by atoms with Crippen LogP contribution in [0.25, 0.3) is 11.0 Å². The van der Waals surface area contributed by atoms with Gasteiger partial charge >= 0.3 is 6.09 Å². The first-order valence-corrected chi connectivity index (χ1v) is 9.25. The third-order valence-corrected chi connectivity index (χ3v) is 5.08. The summed E-state index contributed by atoms with van der Waals surface area (Å²) in [4.78, 5) is 32.1. The predicted octanol–water partition coefficient (Wildman–Crippen LogP) is 3.75. The summed E-state index contributed by atoms with van der Waals surface area (Å²) >= 11 is 6.14. The van der Waals surface area contributed by atoms with Crippen molar-refractivity contribution in [2.75, 3.05) is 26.2 Å². The van der Waals surface area contributed by atoms with Crippen LogP contribution in [-0.2, 0) is 0 Å². The Morgan fingerprint density at radius 2 is 1.89 bits per heavy atom. The van der Waals surface area contributed by atoms with Crippen LogP contribution in [0.5, 0.6) is 5.75 Å². The van der Waals surface area contributed by atoms with Crippen molar-refractivity contribution in [2.45, 2.75) is 6.92 Å². The van der Waals surface area contributed by atoms with Gasteiger partial charge in [-0.25, -0.2) is 4.79 Å². The van der Waals surface area contributed by atoms with Crippen molar-refractivity contribution in [3.63, 3.8) is 0 Å². The number of fused-ring (bicyclic) bond motifs is 1. The molecular weight excluding hydrogens is 382 g/mol. The maximum Gasteiger partial charge on any atom is 0.415 e. The average molecular weight is 400 g/mol. The molecule has 1 aliphatic rings. The number of rotatable bonds is 2. The summed E-state index contributed by atoms with van der Waals surface area (Å²) < 4.78 is 11.0. The van der Waals surface area contributed by atoms with Gasteiger partial charge in [0.2, 0.25) is 0 Å². The number of pyridine rings is 1. The summed E-state index contributed by atoms with van der Waals surface area (Å²) in [6, 6.07) is 8.67. The predicted molar refractivity (Wildman–Crippen MR) is 104 cm³/mol. The molecule has 1 aromatic carbocycles. The highest BCUT2D eigenvalue weighted by atomic mass is 35.5. The molecule has 28 heavy (non-hydrogen) atoms. The van der Waals surface area contributed by atoms with Gasteiger partial charge in [-0.3, -0.25) is 9.78 Å². The van der Waals surface area contributed by atoms with Gasteiger partial charge in [-0.2, -0.15) is 0 Å². The van der Waals surface area contributed by atoms with Crippen LogP contribution in [0.1, 0.15) is 16.1 Å².